The monoisotopic (exact) mass is 249 g/mol. The number of aromatic amines is 1. The zero-order valence-corrected chi connectivity index (χ0v) is 10.1. The molecule has 0 bridgehead atoms. The van der Waals surface area contributed by atoms with Gasteiger partial charge in [-0.25, -0.2) is 0 Å². The smallest absolute Gasteiger partial charge is 0.248 e. The molecule has 0 aliphatic heterocycles. The lowest BCUT2D eigenvalue weighted by molar-refractivity contribution is 0.340. The minimum absolute atomic E-state index is 0.146. The summed E-state index contributed by atoms with van der Waals surface area (Å²) in [6.45, 7) is 2.51. The average molecular weight is 250 g/mol. The Morgan fingerprint density at radius 1 is 1.29 bits per heavy atom. The van der Waals surface area contributed by atoms with Crippen molar-refractivity contribution in [1.29, 1.82) is 0 Å². The maximum absolute atomic E-state index is 11.2. The molecule has 1 heterocycles. The van der Waals surface area contributed by atoms with Crippen LogP contribution < -0.4 is 10.3 Å². The number of ether oxygens (including phenoxy) is 1. The molecular weight excluding hydrogens is 238 g/mol. The zero-order chi connectivity index (χ0) is 12.3. The van der Waals surface area contributed by atoms with E-state index in [0.29, 0.717) is 17.3 Å². The van der Waals surface area contributed by atoms with Crippen LogP contribution in [0.5, 0.6) is 5.75 Å². The van der Waals surface area contributed by atoms with Gasteiger partial charge in [-0.15, -0.1) is 0 Å². The molecule has 1 aromatic carbocycles. The highest BCUT2D eigenvalue weighted by Crippen LogP contribution is 2.29. The van der Waals surface area contributed by atoms with Crippen molar-refractivity contribution >= 4 is 11.6 Å². The molecule has 0 spiro atoms. The summed E-state index contributed by atoms with van der Waals surface area (Å²) in [4.78, 5) is 14.0. The van der Waals surface area contributed by atoms with Gasteiger partial charge in [0.05, 0.1) is 11.6 Å². The van der Waals surface area contributed by atoms with E-state index in [1.54, 1.807) is 12.1 Å². The summed E-state index contributed by atoms with van der Waals surface area (Å²) in [5.41, 5.74) is 1.34. The molecule has 0 saturated carbocycles. The number of hydrogen-bond donors (Lipinski definition) is 1. The Kier molecular flexibility index (Phi) is 3.49. The standard InChI is InChI=1S/C13H12ClNO2/c1-2-17-9-6-7-10(11(14)8-9)12-4-3-5-13(16)15-12/h3-8H,2H2,1H3,(H,15,16). The molecule has 0 radical (unpaired) electrons. The van der Waals surface area contributed by atoms with Crippen LogP contribution in [0.1, 0.15) is 6.92 Å². The second-order valence-corrected chi connectivity index (χ2v) is 3.91. The fourth-order valence-corrected chi connectivity index (χ4v) is 1.85. The number of hydrogen-bond acceptors (Lipinski definition) is 2. The predicted molar refractivity (Wildman–Crippen MR) is 68.7 cm³/mol. The summed E-state index contributed by atoms with van der Waals surface area (Å²) in [5.74, 6) is 0.722. The van der Waals surface area contributed by atoms with E-state index < -0.39 is 0 Å². The van der Waals surface area contributed by atoms with E-state index in [2.05, 4.69) is 4.98 Å². The summed E-state index contributed by atoms with van der Waals surface area (Å²) in [6, 6.07) is 10.4. The maximum atomic E-state index is 11.2. The Balaban J connectivity index is 2.43. The number of benzene rings is 1. The Morgan fingerprint density at radius 2 is 2.12 bits per heavy atom. The quantitative estimate of drug-likeness (QED) is 0.908. The third-order valence-corrected chi connectivity index (χ3v) is 2.62. The lowest BCUT2D eigenvalue weighted by Gasteiger charge is -2.07. The Labute approximate surface area is 104 Å². The SMILES string of the molecule is CCOc1ccc(-c2cccc(=O)[nH]2)c(Cl)c1. The molecule has 2 aromatic rings. The molecule has 88 valence electrons. The Bertz CT molecular complexity index is 578. The van der Waals surface area contributed by atoms with Crippen LogP contribution in [0, 0.1) is 0 Å². The number of nitrogens with one attached hydrogen (secondary N) is 1. The second-order valence-electron chi connectivity index (χ2n) is 3.50. The molecule has 0 unspecified atom stereocenters. The van der Waals surface area contributed by atoms with E-state index in [9.17, 15) is 4.79 Å². The van der Waals surface area contributed by atoms with E-state index in [-0.39, 0.29) is 5.56 Å². The van der Waals surface area contributed by atoms with Crippen LogP contribution >= 0.6 is 11.6 Å². The number of pyridine rings is 1. The summed E-state index contributed by atoms with van der Waals surface area (Å²) < 4.78 is 5.34. The topological polar surface area (TPSA) is 42.1 Å². The van der Waals surface area contributed by atoms with Crippen LogP contribution in [0.2, 0.25) is 5.02 Å². The van der Waals surface area contributed by atoms with Gasteiger partial charge in [-0.1, -0.05) is 17.7 Å². The van der Waals surface area contributed by atoms with E-state index in [1.807, 2.05) is 25.1 Å². The zero-order valence-electron chi connectivity index (χ0n) is 9.37. The van der Waals surface area contributed by atoms with Gasteiger partial charge in [-0.05, 0) is 31.2 Å². The fraction of sp³-hybridized carbons (Fsp3) is 0.154. The van der Waals surface area contributed by atoms with E-state index in [1.165, 1.54) is 6.07 Å². The minimum Gasteiger partial charge on any atom is -0.494 e. The van der Waals surface area contributed by atoms with Crippen molar-refractivity contribution in [1.82, 2.24) is 4.98 Å². The molecule has 2 rings (SSSR count). The number of aromatic nitrogens is 1. The van der Waals surface area contributed by atoms with E-state index in [0.717, 1.165) is 11.3 Å². The summed E-state index contributed by atoms with van der Waals surface area (Å²) in [7, 11) is 0. The van der Waals surface area contributed by atoms with E-state index >= 15 is 0 Å². The molecule has 4 heteroatoms. The summed E-state index contributed by atoms with van der Waals surface area (Å²) in [5, 5.41) is 0.554. The van der Waals surface area contributed by atoms with Crippen molar-refractivity contribution in [3.63, 3.8) is 0 Å². The number of rotatable bonds is 3. The maximum Gasteiger partial charge on any atom is 0.248 e. The van der Waals surface area contributed by atoms with Crippen molar-refractivity contribution in [3.8, 4) is 17.0 Å². The molecule has 0 amide bonds. The number of H-pyrrole nitrogens is 1. The lowest BCUT2D eigenvalue weighted by atomic mass is 10.1. The second kappa shape index (κ2) is 5.06. The van der Waals surface area contributed by atoms with Crippen molar-refractivity contribution in [2.24, 2.45) is 0 Å². The highest BCUT2D eigenvalue weighted by molar-refractivity contribution is 6.33. The van der Waals surface area contributed by atoms with Crippen LogP contribution in [-0.4, -0.2) is 11.6 Å². The first-order valence-electron chi connectivity index (χ1n) is 5.33. The van der Waals surface area contributed by atoms with Gasteiger partial charge in [-0.3, -0.25) is 4.79 Å². The normalized spacial score (nSPS) is 10.2. The van der Waals surface area contributed by atoms with Gasteiger partial charge < -0.3 is 9.72 Å². The number of halogens is 1. The minimum atomic E-state index is -0.146. The van der Waals surface area contributed by atoms with Crippen LogP contribution in [0.15, 0.2) is 41.2 Å². The Hall–Kier alpha value is -1.74. The molecule has 0 saturated heterocycles. The van der Waals surface area contributed by atoms with Gasteiger partial charge in [0.2, 0.25) is 5.56 Å². The molecule has 0 aliphatic rings. The van der Waals surface area contributed by atoms with Crippen molar-refractivity contribution in [3.05, 3.63) is 51.8 Å². The van der Waals surface area contributed by atoms with Gasteiger partial charge in [0.25, 0.3) is 0 Å². The molecule has 0 fully saturated rings. The van der Waals surface area contributed by atoms with Crippen LogP contribution in [0.4, 0.5) is 0 Å². The van der Waals surface area contributed by atoms with Gasteiger partial charge in [0.15, 0.2) is 0 Å². The molecular formula is C13H12ClNO2. The largest absolute Gasteiger partial charge is 0.494 e. The average Bonchev–Trinajstić information content (AvgIpc) is 2.29. The van der Waals surface area contributed by atoms with Crippen LogP contribution in [0.3, 0.4) is 0 Å². The summed E-state index contributed by atoms with van der Waals surface area (Å²) >= 11 is 6.15. The molecule has 1 aromatic heterocycles. The molecule has 1 N–H and O–H groups in total. The highest BCUT2D eigenvalue weighted by Gasteiger charge is 2.05. The lowest BCUT2D eigenvalue weighted by Crippen LogP contribution is -2.03. The van der Waals surface area contributed by atoms with Crippen molar-refractivity contribution in [2.45, 2.75) is 6.92 Å². The Morgan fingerprint density at radius 3 is 2.76 bits per heavy atom. The molecule has 3 nitrogen and oxygen atoms in total. The highest BCUT2D eigenvalue weighted by atomic mass is 35.5. The van der Waals surface area contributed by atoms with Gasteiger partial charge in [-0.2, -0.15) is 0 Å². The predicted octanol–water partition coefficient (Wildman–Crippen LogP) is 3.09. The third-order valence-electron chi connectivity index (χ3n) is 2.31. The first-order valence-corrected chi connectivity index (χ1v) is 5.70. The first kappa shape index (κ1) is 11.7. The van der Waals surface area contributed by atoms with Crippen molar-refractivity contribution < 1.29 is 4.74 Å². The molecule has 0 atom stereocenters. The first-order chi connectivity index (χ1) is 8.20. The van der Waals surface area contributed by atoms with E-state index in [4.69, 9.17) is 16.3 Å². The summed E-state index contributed by atoms with van der Waals surface area (Å²) in [6.07, 6.45) is 0. The van der Waals surface area contributed by atoms with Gasteiger partial charge in [0, 0.05) is 17.3 Å². The fourth-order valence-electron chi connectivity index (χ4n) is 1.58. The van der Waals surface area contributed by atoms with Crippen LogP contribution in [0.25, 0.3) is 11.3 Å². The van der Waals surface area contributed by atoms with Gasteiger partial charge in [0.1, 0.15) is 5.75 Å². The molecule has 17 heavy (non-hydrogen) atoms. The molecule has 0 aliphatic carbocycles. The van der Waals surface area contributed by atoms with Gasteiger partial charge >= 0.3 is 0 Å². The van der Waals surface area contributed by atoms with Crippen LogP contribution in [-0.2, 0) is 0 Å². The third kappa shape index (κ3) is 2.68. The van der Waals surface area contributed by atoms with Crippen molar-refractivity contribution in [2.75, 3.05) is 6.61 Å².